The van der Waals surface area contributed by atoms with Crippen molar-refractivity contribution in [1.82, 2.24) is 14.9 Å². The Morgan fingerprint density at radius 2 is 1.92 bits per heavy atom. The molecule has 5 nitrogen and oxygen atoms in total. The number of nitrogens with zero attached hydrogens (tertiary/aromatic N) is 1. The lowest BCUT2D eigenvalue weighted by molar-refractivity contribution is -0.222. The number of aromatic nitrogens is 2. The van der Waals surface area contributed by atoms with Crippen LogP contribution in [0.5, 0.6) is 0 Å². The van der Waals surface area contributed by atoms with E-state index in [1.165, 1.54) is 11.0 Å². The van der Waals surface area contributed by atoms with E-state index in [1.807, 2.05) is 0 Å². The summed E-state index contributed by atoms with van der Waals surface area (Å²) >= 11 is 4.95. The molecular formula is C15H15F4N3O2S. The van der Waals surface area contributed by atoms with Gasteiger partial charge in [0.1, 0.15) is 5.82 Å². The van der Waals surface area contributed by atoms with Crippen molar-refractivity contribution >= 4 is 29.2 Å². The zero-order valence-electron chi connectivity index (χ0n) is 12.9. The third kappa shape index (κ3) is 3.54. The predicted octanol–water partition coefficient (Wildman–Crippen LogP) is 3.14. The van der Waals surface area contributed by atoms with Crippen LogP contribution in [-0.2, 0) is 0 Å². The molecule has 136 valence electrons. The molecule has 2 heterocycles. The highest BCUT2D eigenvalue weighted by atomic mass is 32.1. The highest BCUT2D eigenvalue weighted by molar-refractivity contribution is 7.71. The molecule has 0 radical (unpaired) electrons. The number of rotatable bonds is 2. The number of amides is 1. The van der Waals surface area contributed by atoms with Crippen LogP contribution >= 0.6 is 12.2 Å². The van der Waals surface area contributed by atoms with Gasteiger partial charge in [-0.25, -0.2) is 4.39 Å². The van der Waals surface area contributed by atoms with Crippen molar-refractivity contribution in [2.45, 2.75) is 25.1 Å². The summed E-state index contributed by atoms with van der Waals surface area (Å²) in [5.74, 6) is -2.06. The molecule has 0 spiro atoms. The van der Waals surface area contributed by atoms with E-state index in [0.717, 1.165) is 6.07 Å². The summed E-state index contributed by atoms with van der Waals surface area (Å²) in [6.07, 6.45) is -7.03. The molecule has 1 aromatic carbocycles. The number of hydrogen-bond donors (Lipinski definition) is 3. The van der Waals surface area contributed by atoms with Crippen LogP contribution in [0.25, 0.3) is 11.0 Å². The maximum atomic E-state index is 13.7. The summed E-state index contributed by atoms with van der Waals surface area (Å²) in [7, 11) is 0. The maximum Gasteiger partial charge on any atom is 0.414 e. The molecule has 1 saturated heterocycles. The van der Waals surface area contributed by atoms with E-state index in [4.69, 9.17) is 12.2 Å². The number of imidazole rings is 1. The molecule has 1 fully saturated rings. The summed E-state index contributed by atoms with van der Waals surface area (Å²) in [6, 6.07) is 2.27. The normalized spacial score (nSPS) is 17.9. The molecule has 0 bridgehead atoms. The summed E-state index contributed by atoms with van der Waals surface area (Å²) in [6.45, 7) is 0.111. The molecule has 0 unspecified atom stereocenters. The Bertz CT molecular complexity index is 853. The van der Waals surface area contributed by atoms with Gasteiger partial charge in [0, 0.05) is 13.1 Å². The topological polar surface area (TPSA) is 72.1 Å². The molecule has 1 aromatic heterocycles. The minimum absolute atomic E-state index is 0.0218. The molecule has 10 heteroatoms. The van der Waals surface area contributed by atoms with Gasteiger partial charge in [0.25, 0.3) is 5.91 Å². The second-order valence-electron chi connectivity index (χ2n) is 6.07. The van der Waals surface area contributed by atoms with Gasteiger partial charge < -0.3 is 20.0 Å². The average Bonchev–Trinajstić information content (AvgIpc) is 2.92. The van der Waals surface area contributed by atoms with Crippen LogP contribution in [0, 0.1) is 16.5 Å². The van der Waals surface area contributed by atoms with Gasteiger partial charge in [-0.1, -0.05) is 0 Å². The monoisotopic (exact) mass is 377 g/mol. The number of aliphatic hydroxyl groups excluding tert-OH is 1. The van der Waals surface area contributed by atoms with Gasteiger partial charge in [0.15, 0.2) is 10.9 Å². The second-order valence-corrected chi connectivity index (χ2v) is 6.48. The number of carbonyl (C=O) groups is 1. The van der Waals surface area contributed by atoms with E-state index in [2.05, 4.69) is 9.97 Å². The minimum atomic E-state index is -4.68. The van der Waals surface area contributed by atoms with Crippen molar-refractivity contribution in [3.05, 3.63) is 28.3 Å². The summed E-state index contributed by atoms with van der Waals surface area (Å²) in [5, 5.41) is 9.33. The Hall–Kier alpha value is -1.94. The van der Waals surface area contributed by atoms with Crippen LogP contribution < -0.4 is 0 Å². The van der Waals surface area contributed by atoms with Crippen LogP contribution in [0.1, 0.15) is 23.2 Å². The number of nitrogens with one attached hydrogen (secondary N) is 2. The highest BCUT2D eigenvalue weighted by Gasteiger charge is 2.44. The fraction of sp³-hybridized carbons (Fsp3) is 0.467. The van der Waals surface area contributed by atoms with Gasteiger partial charge in [-0.05, 0) is 43.1 Å². The number of hydrogen-bond acceptors (Lipinski definition) is 3. The number of likely N-dealkylation sites (tertiary alicyclic amines) is 1. The molecule has 0 aliphatic carbocycles. The van der Waals surface area contributed by atoms with Crippen LogP contribution in [0.4, 0.5) is 17.6 Å². The van der Waals surface area contributed by atoms with Crippen LogP contribution in [0.2, 0.25) is 0 Å². The lowest BCUT2D eigenvalue weighted by Gasteiger charge is -2.34. The molecule has 1 aliphatic heterocycles. The number of piperidine rings is 1. The SMILES string of the molecule is O=C(c1cc(F)cc2[nH]c(=S)[nH]c12)N1CCC([C@H](O)C(F)(F)F)CC1. The first kappa shape index (κ1) is 17.9. The smallest absolute Gasteiger partial charge is 0.383 e. The first-order chi connectivity index (χ1) is 11.7. The Labute approximate surface area is 144 Å². The van der Waals surface area contributed by atoms with Crippen molar-refractivity contribution in [2.75, 3.05) is 13.1 Å². The number of aliphatic hydroxyl groups is 1. The molecule has 3 N–H and O–H groups in total. The standard InChI is InChI=1S/C15H15F4N3O2S/c16-8-5-9(11-10(6-8)20-14(25)21-11)13(24)22-3-1-7(2-4-22)12(23)15(17,18)19/h5-7,12,23H,1-4H2,(H2,20,21,25)/t12-/m0/s1. The number of H-pyrrole nitrogens is 2. The molecule has 25 heavy (non-hydrogen) atoms. The van der Waals surface area contributed by atoms with Gasteiger partial charge in [-0.15, -0.1) is 0 Å². The van der Waals surface area contributed by atoms with Crippen molar-refractivity contribution < 1.29 is 27.5 Å². The number of halogens is 4. The van der Waals surface area contributed by atoms with Gasteiger partial charge >= 0.3 is 6.18 Å². The third-order valence-corrected chi connectivity index (χ3v) is 4.63. The number of fused-ring (bicyclic) bond motifs is 1. The Morgan fingerprint density at radius 1 is 1.28 bits per heavy atom. The van der Waals surface area contributed by atoms with Gasteiger partial charge in [-0.2, -0.15) is 13.2 Å². The predicted molar refractivity (Wildman–Crippen MR) is 84.1 cm³/mol. The van der Waals surface area contributed by atoms with Gasteiger partial charge in [-0.3, -0.25) is 4.79 Å². The molecule has 0 saturated carbocycles. The second kappa shape index (κ2) is 6.41. The molecule has 1 atom stereocenters. The zero-order valence-corrected chi connectivity index (χ0v) is 13.7. The lowest BCUT2D eigenvalue weighted by Crippen LogP contribution is -2.45. The largest absolute Gasteiger partial charge is 0.414 e. The summed E-state index contributed by atoms with van der Waals surface area (Å²) < 4.78 is 51.7. The quantitative estimate of drug-likeness (QED) is 0.556. The summed E-state index contributed by atoms with van der Waals surface area (Å²) in [4.78, 5) is 19.5. The van der Waals surface area contributed by atoms with E-state index in [1.54, 1.807) is 0 Å². The number of carbonyl (C=O) groups excluding carboxylic acids is 1. The number of benzene rings is 1. The van der Waals surface area contributed by atoms with Crippen LogP contribution in [0.3, 0.4) is 0 Å². The highest BCUT2D eigenvalue weighted by Crippen LogP contribution is 2.32. The van der Waals surface area contributed by atoms with E-state index in [9.17, 15) is 27.5 Å². The summed E-state index contributed by atoms with van der Waals surface area (Å²) in [5.41, 5.74) is 0.766. The van der Waals surface area contributed by atoms with Crippen molar-refractivity contribution in [3.63, 3.8) is 0 Å². The first-order valence-electron chi connectivity index (χ1n) is 7.62. The molecule has 2 aromatic rings. The Morgan fingerprint density at radius 3 is 2.52 bits per heavy atom. The molecular weight excluding hydrogens is 362 g/mol. The van der Waals surface area contributed by atoms with E-state index >= 15 is 0 Å². The van der Waals surface area contributed by atoms with Crippen LogP contribution in [-0.4, -0.2) is 51.3 Å². The maximum absolute atomic E-state index is 13.7. The fourth-order valence-electron chi connectivity index (χ4n) is 3.13. The van der Waals surface area contributed by atoms with Gasteiger partial charge in [0.2, 0.25) is 0 Å². The Kier molecular flexibility index (Phi) is 4.58. The Balaban J connectivity index is 1.79. The van der Waals surface area contributed by atoms with Crippen molar-refractivity contribution in [1.29, 1.82) is 0 Å². The third-order valence-electron chi connectivity index (χ3n) is 4.43. The average molecular weight is 377 g/mol. The number of alkyl halides is 3. The minimum Gasteiger partial charge on any atom is -0.383 e. The van der Waals surface area contributed by atoms with E-state index in [0.29, 0.717) is 11.0 Å². The molecule has 3 rings (SSSR count). The fourth-order valence-corrected chi connectivity index (χ4v) is 3.34. The van der Waals surface area contributed by atoms with Crippen molar-refractivity contribution in [3.8, 4) is 0 Å². The lowest BCUT2D eigenvalue weighted by atomic mass is 9.90. The molecule has 1 amide bonds. The van der Waals surface area contributed by atoms with Crippen molar-refractivity contribution in [2.24, 2.45) is 5.92 Å². The molecule has 1 aliphatic rings. The zero-order chi connectivity index (χ0) is 18.4. The van der Waals surface area contributed by atoms with E-state index < -0.39 is 29.9 Å². The number of aromatic amines is 2. The van der Waals surface area contributed by atoms with E-state index in [-0.39, 0.29) is 36.3 Å². The van der Waals surface area contributed by atoms with Gasteiger partial charge in [0.05, 0.1) is 16.6 Å². The first-order valence-corrected chi connectivity index (χ1v) is 8.03. The van der Waals surface area contributed by atoms with Crippen LogP contribution in [0.15, 0.2) is 12.1 Å².